The number of aliphatic hydroxyl groups is 1. The van der Waals surface area contributed by atoms with Gasteiger partial charge in [-0.1, -0.05) is 125 Å². The van der Waals surface area contributed by atoms with Crippen molar-refractivity contribution < 1.29 is 43.2 Å². The van der Waals surface area contributed by atoms with E-state index in [1.807, 2.05) is 12.1 Å². The number of hydrogen-bond donors (Lipinski definition) is 1. The third kappa shape index (κ3) is 7.23. The van der Waals surface area contributed by atoms with Crippen LogP contribution >= 0.6 is 0 Å². The van der Waals surface area contributed by atoms with Gasteiger partial charge in [0.05, 0.1) is 5.76 Å². The summed E-state index contributed by atoms with van der Waals surface area (Å²) in [5, 5.41) is 17.9. The third-order valence-electron chi connectivity index (χ3n) is 8.72. The molecule has 249 valence electrons. The molecular weight excluding hydrogens is 816 g/mol. The number of pyridine rings is 1. The Labute approximate surface area is 297 Å². The summed E-state index contributed by atoms with van der Waals surface area (Å²) in [4.78, 5) is 14.6. The molecule has 0 saturated carbocycles. The van der Waals surface area contributed by atoms with Crippen molar-refractivity contribution in [1.82, 2.24) is 4.98 Å². The van der Waals surface area contributed by atoms with Crippen molar-refractivity contribution in [2.24, 2.45) is 0 Å². The van der Waals surface area contributed by atoms with Gasteiger partial charge in [0.2, 0.25) is 0 Å². The molecule has 0 spiro atoms. The average molecular weight is 849 g/mol. The normalized spacial score (nSPS) is 12.1. The van der Waals surface area contributed by atoms with Crippen LogP contribution in [0.15, 0.2) is 127 Å². The van der Waals surface area contributed by atoms with E-state index >= 15 is 0 Å². The molecule has 1 N–H and O–H groups in total. The summed E-state index contributed by atoms with van der Waals surface area (Å²) in [6, 6.07) is 38.6. The fourth-order valence-electron chi connectivity index (χ4n) is 6.32. The molecule has 8 heteroatoms. The second kappa shape index (κ2) is 14.1. The Balaban J connectivity index is 0.000000532. The Hall–Kier alpha value is -4.62. The summed E-state index contributed by atoms with van der Waals surface area (Å²) in [5.74, 6) is -0.0625. The van der Waals surface area contributed by atoms with E-state index in [9.17, 15) is 18.0 Å². The number of nitrogens with zero attached hydrogens (tertiary/aromatic N) is 1. The predicted octanol–water partition coefficient (Wildman–Crippen LogP) is 10.0. The molecule has 1 radical (unpaired) electrons. The van der Waals surface area contributed by atoms with Crippen LogP contribution in [0, 0.1) is 6.07 Å². The van der Waals surface area contributed by atoms with Crippen molar-refractivity contribution in [2.75, 3.05) is 0 Å². The van der Waals surface area contributed by atoms with Crippen molar-refractivity contribution in [3.63, 3.8) is 0 Å². The molecule has 0 aliphatic carbocycles. The minimum atomic E-state index is -4.49. The molecule has 49 heavy (non-hydrogen) atoms. The molecule has 0 aliphatic heterocycles. The van der Waals surface area contributed by atoms with E-state index < -0.39 is 19.8 Å². The first-order chi connectivity index (χ1) is 22.8. The van der Waals surface area contributed by atoms with Gasteiger partial charge < -0.3 is 5.11 Å². The van der Waals surface area contributed by atoms with Crippen LogP contribution in [-0.2, 0) is 31.1 Å². The number of aromatic nitrogens is 1. The molecule has 0 atom stereocenters. The zero-order valence-corrected chi connectivity index (χ0v) is 30.7. The molecule has 1 aromatic heterocycles. The molecule has 6 aromatic carbocycles. The zero-order chi connectivity index (χ0) is 34.2. The van der Waals surface area contributed by atoms with Crippen molar-refractivity contribution >= 4 is 67.3 Å². The molecule has 3 nitrogen and oxygen atoms in total. The Morgan fingerprint density at radius 1 is 0.735 bits per heavy atom. The number of alkyl halides is 3. The number of carbonyl (C=O) groups is 1. The third-order valence-corrected chi connectivity index (χ3v) is 12.3. The summed E-state index contributed by atoms with van der Waals surface area (Å²) in [7, 11) is -1.86. The van der Waals surface area contributed by atoms with Crippen LogP contribution in [0.4, 0.5) is 13.2 Å². The largest absolute Gasteiger partial charge is 0.512 e. The fraction of sp³-hybridized carbons (Fsp3) is 0.122. The van der Waals surface area contributed by atoms with Gasteiger partial charge in [0.15, 0.2) is 5.78 Å². The van der Waals surface area contributed by atoms with Gasteiger partial charge in [0, 0.05) is 38.1 Å². The number of aliphatic hydroxyl groups excluding tert-OH is 1. The van der Waals surface area contributed by atoms with Gasteiger partial charge in [-0.05, 0) is 57.8 Å². The van der Waals surface area contributed by atoms with Crippen LogP contribution in [0.5, 0.6) is 0 Å². The van der Waals surface area contributed by atoms with Crippen LogP contribution in [0.3, 0.4) is 0 Å². The van der Waals surface area contributed by atoms with E-state index in [1.54, 1.807) is 24.4 Å². The van der Waals surface area contributed by atoms with Gasteiger partial charge in [0.25, 0.3) is 0 Å². The first-order valence-electron chi connectivity index (χ1n) is 15.6. The molecule has 7 rings (SSSR count). The Morgan fingerprint density at radius 2 is 1.35 bits per heavy atom. The van der Waals surface area contributed by atoms with E-state index in [-0.39, 0.29) is 37.0 Å². The monoisotopic (exact) mass is 849 g/mol. The minimum Gasteiger partial charge on any atom is -0.512 e. The van der Waals surface area contributed by atoms with Crippen molar-refractivity contribution in [3.05, 3.63) is 139 Å². The number of hydrogen-bond acceptors (Lipinski definition) is 3. The number of allylic oxidation sites excluding steroid dienone is 2. The number of fused-ring (bicyclic) bond motifs is 6. The van der Waals surface area contributed by atoms with Gasteiger partial charge in [-0.3, -0.25) is 9.78 Å². The average Bonchev–Trinajstić information content (AvgIpc) is 3.06. The topological polar surface area (TPSA) is 50.2 Å². The first kappa shape index (κ1) is 35.7. The first-order valence-corrected chi connectivity index (χ1v) is 18.6. The second-order valence-corrected chi connectivity index (χ2v) is 16.8. The van der Waals surface area contributed by atoms with E-state index in [1.165, 1.54) is 47.8 Å². The van der Waals surface area contributed by atoms with Gasteiger partial charge in [-0.2, -0.15) is 13.2 Å². The summed E-state index contributed by atoms with van der Waals surface area (Å²) in [6.45, 7) is 7.60. The number of ketones is 1. The molecule has 1 heterocycles. The number of benzene rings is 6. The second-order valence-electron chi connectivity index (χ2n) is 12.4. The molecule has 0 bridgehead atoms. The van der Waals surface area contributed by atoms with Crippen molar-refractivity contribution in [2.45, 2.75) is 33.1 Å². The van der Waals surface area contributed by atoms with E-state index in [2.05, 4.69) is 90.9 Å². The van der Waals surface area contributed by atoms with Gasteiger partial charge in [-0.25, -0.2) is 0 Å². The maximum atomic E-state index is 14.1. The van der Waals surface area contributed by atoms with Gasteiger partial charge in [-0.15, -0.1) is 23.6 Å². The number of rotatable bonds is 4. The Morgan fingerprint density at radius 3 is 2.02 bits per heavy atom. The molecule has 0 amide bonds. The fourth-order valence-corrected chi connectivity index (χ4v) is 8.70. The van der Waals surface area contributed by atoms with Crippen LogP contribution in [0.1, 0.15) is 19.4 Å². The summed E-state index contributed by atoms with van der Waals surface area (Å²) in [6.07, 6.45) is -1.65. The van der Waals surface area contributed by atoms with Gasteiger partial charge in [0.1, 0.15) is 8.07 Å². The molecule has 0 aliphatic rings. The number of carbonyl (C=O) groups excluding carboxylic acids is 1. The van der Waals surface area contributed by atoms with Crippen LogP contribution in [0.25, 0.3) is 54.3 Å². The van der Waals surface area contributed by atoms with E-state index in [4.69, 9.17) is 5.11 Å². The SMILES string of the molecule is CC(=O)/C=C(/C)O.C[Si](C)(c1ccccc1)c1ccc2c(ccc3c4ccnc(-c5[c-]c6ccccc6c(C(F)(F)F)c5)c4ccc23)c1.[Ir]. The van der Waals surface area contributed by atoms with Crippen molar-refractivity contribution in [1.29, 1.82) is 0 Å². The summed E-state index contributed by atoms with van der Waals surface area (Å²) >= 11 is 0. The van der Waals surface area contributed by atoms with E-state index in [0.29, 0.717) is 16.6 Å². The molecule has 0 unspecified atom stereocenters. The quantitative estimate of drug-likeness (QED) is 0.0631. The van der Waals surface area contributed by atoms with Crippen molar-refractivity contribution in [3.8, 4) is 11.3 Å². The Bertz CT molecular complexity index is 2370. The summed E-state index contributed by atoms with van der Waals surface area (Å²) in [5.41, 5.74) is 0.149. The van der Waals surface area contributed by atoms with Crippen LogP contribution in [-0.4, -0.2) is 23.9 Å². The maximum Gasteiger partial charge on any atom is 0.403 e. The van der Waals surface area contributed by atoms with E-state index in [0.717, 1.165) is 26.9 Å². The summed E-state index contributed by atoms with van der Waals surface area (Å²) < 4.78 is 42.2. The smallest absolute Gasteiger partial charge is 0.403 e. The Kier molecular flexibility index (Phi) is 10.3. The molecule has 0 fully saturated rings. The van der Waals surface area contributed by atoms with Gasteiger partial charge >= 0.3 is 6.18 Å². The zero-order valence-electron chi connectivity index (χ0n) is 27.3. The number of halogens is 3. The minimum absolute atomic E-state index is 0. The maximum absolute atomic E-state index is 14.1. The van der Waals surface area contributed by atoms with Crippen LogP contribution < -0.4 is 10.4 Å². The molecular formula is C41H33F3IrNO2Si-. The predicted molar refractivity (Wildman–Crippen MR) is 194 cm³/mol. The molecule has 0 saturated heterocycles. The standard InChI is InChI=1S/C36H25F3NSi.C5H8O2.Ir/c1-41(2,26-9-4-3-5-10-26)27-13-15-28-24(21-27)12-14-31-30(28)16-17-33-32(31)18-19-40-35(33)25-20-23-8-6-7-11-29(23)34(22-25)36(37,38)39;1-4(6)3-5(2)7;/h3-19,21-22H,1-2H3;3,6H,1-2H3;/q-1;;/b;4-3-;. The van der Waals surface area contributed by atoms with Crippen LogP contribution in [0.2, 0.25) is 13.1 Å². The molecule has 7 aromatic rings.